The molecule has 1 aliphatic carbocycles. The molecule has 0 N–H and O–H groups in total. The van der Waals surface area contributed by atoms with Gasteiger partial charge < -0.3 is 0 Å². The van der Waals surface area contributed by atoms with Crippen LogP contribution in [0.2, 0.25) is 0 Å². The van der Waals surface area contributed by atoms with Gasteiger partial charge in [0.25, 0.3) is 0 Å². The molecule has 0 aliphatic heterocycles. The molecule has 0 heterocycles. The molecule has 0 radical (unpaired) electrons. The van der Waals surface area contributed by atoms with Gasteiger partial charge in [-0.15, -0.1) is 0 Å². The van der Waals surface area contributed by atoms with Gasteiger partial charge >= 0.3 is 6.61 Å². The molecule has 0 aromatic rings. The van der Waals surface area contributed by atoms with Gasteiger partial charge in [0.2, 0.25) is 0 Å². The number of hydrogen-bond acceptors (Lipinski definition) is 1. The van der Waals surface area contributed by atoms with Gasteiger partial charge in [-0.25, -0.2) is 0 Å². The molecule has 3 heteroatoms. The van der Waals surface area contributed by atoms with E-state index in [9.17, 15) is 8.78 Å². The van der Waals surface area contributed by atoms with Gasteiger partial charge in [0.15, 0.2) is 6.10 Å². The Morgan fingerprint density at radius 3 is 2.40 bits per heavy atom. The molecule has 0 aromatic heterocycles. The lowest BCUT2D eigenvalue weighted by Crippen LogP contribution is -2.12. The van der Waals surface area contributed by atoms with Gasteiger partial charge in [0.05, 0.1) is 0 Å². The Bertz CT molecular complexity index is 140. The van der Waals surface area contributed by atoms with Crippen molar-refractivity contribution < 1.29 is 13.5 Å². The van der Waals surface area contributed by atoms with Crippen LogP contribution in [-0.4, -0.2) is 12.7 Å². The van der Waals surface area contributed by atoms with E-state index in [1.165, 1.54) is 0 Å². The highest BCUT2D eigenvalue weighted by molar-refractivity contribution is 5.20. The normalized spacial score (nSPS) is 17.9. The van der Waals surface area contributed by atoms with Crippen molar-refractivity contribution in [3.8, 4) is 0 Å². The zero-order valence-electron chi connectivity index (χ0n) is 5.21. The number of ether oxygens (including phenoxy) is 1. The summed E-state index contributed by atoms with van der Waals surface area (Å²) in [7, 11) is 0. The Kier molecular flexibility index (Phi) is 2.45. The van der Waals surface area contributed by atoms with Gasteiger partial charge in [-0.2, -0.15) is 8.78 Å². The number of hydrogen-bond donors (Lipinski definition) is 0. The van der Waals surface area contributed by atoms with Gasteiger partial charge in [-0.05, 0) is 0 Å². The Hall–Kier alpha value is -0.830. The third kappa shape index (κ3) is 2.19. The van der Waals surface area contributed by atoms with Crippen LogP contribution in [0.15, 0.2) is 24.3 Å². The lowest BCUT2D eigenvalue weighted by Gasteiger charge is -2.04. The van der Waals surface area contributed by atoms with Crippen LogP contribution in [0, 0.1) is 6.42 Å². The van der Waals surface area contributed by atoms with Gasteiger partial charge in [0, 0.05) is 30.7 Å². The molecule has 0 bridgehead atoms. The predicted octanol–water partition coefficient (Wildman–Crippen LogP) is 1.92. The SMILES string of the molecule is FC(F)OC1C=C[CH+]C=C1. The molecule has 0 amide bonds. The molecule has 0 saturated heterocycles. The molecule has 10 heavy (non-hydrogen) atoms. The third-order valence-electron chi connectivity index (χ3n) is 1.08. The summed E-state index contributed by atoms with van der Waals surface area (Å²) in [5.74, 6) is 0. The van der Waals surface area contributed by atoms with Crippen molar-refractivity contribution in [2.75, 3.05) is 0 Å². The Morgan fingerprint density at radius 1 is 1.30 bits per heavy atom. The molecule has 1 rings (SSSR count). The fraction of sp³-hybridized carbons (Fsp3) is 0.286. The topological polar surface area (TPSA) is 9.23 Å². The summed E-state index contributed by atoms with van der Waals surface area (Å²) < 4.78 is 27.2. The molecule has 54 valence electrons. The third-order valence-corrected chi connectivity index (χ3v) is 1.08. The average molecular weight is 145 g/mol. The quantitative estimate of drug-likeness (QED) is 0.539. The molecular weight excluding hydrogens is 138 g/mol. The van der Waals surface area contributed by atoms with Crippen LogP contribution in [0.4, 0.5) is 8.78 Å². The lowest BCUT2D eigenvalue weighted by atomic mass is 10.2. The minimum atomic E-state index is -2.70. The van der Waals surface area contributed by atoms with E-state index in [0.717, 1.165) is 0 Å². The van der Waals surface area contributed by atoms with E-state index in [1.807, 2.05) is 0 Å². The lowest BCUT2D eigenvalue weighted by molar-refractivity contribution is -0.138. The van der Waals surface area contributed by atoms with Crippen LogP contribution in [0.25, 0.3) is 0 Å². The number of allylic oxidation sites excluding steroid dienone is 2. The molecule has 0 fully saturated rings. The number of alkyl halides is 2. The molecule has 0 aromatic carbocycles. The molecular formula is C7H7F2O+. The maximum atomic E-state index is 11.5. The summed E-state index contributed by atoms with van der Waals surface area (Å²) in [5, 5.41) is 0. The summed E-state index contributed by atoms with van der Waals surface area (Å²) in [6, 6.07) is 0. The second kappa shape index (κ2) is 3.37. The van der Waals surface area contributed by atoms with Crippen LogP contribution < -0.4 is 0 Å². The van der Waals surface area contributed by atoms with Crippen LogP contribution >= 0.6 is 0 Å². The van der Waals surface area contributed by atoms with Crippen molar-refractivity contribution in [1.29, 1.82) is 0 Å². The van der Waals surface area contributed by atoms with Crippen molar-refractivity contribution in [3.05, 3.63) is 30.7 Å². The first-order valence-electron chi connectivity index (χ1n) is 2.91. The minimum Gasteiger partial charge on any atom is -0.286 e. The molecule has 1 nitrogen and oxygen atoms in total. The molecule has 0 unspecified atom stereocenters. The monoisotopic (exact) mass is 145 g/mol. The van der Waals surface area contributed by atoms with Crippen molar-refractivity contribution in [2.24, 2.45) is 0 Å². The van der Waals surface area contributed by atoms with E-state index in [1.54, 1.807) is 30.7 Å². The van der Waals surface area contributed by atoms with Crippen molar-refractivity contribution >= 4 is 0 Å². The minimum absolute atomic E-state index is 0.565. The van der Waals surface area contributed by atoms with E-state index < -0.39 is 12.7 Å². The molecule has 0 saturated carbocycles. The van der Waals surface area contributed by atoms with Crippen molar-refractivity contribution in [3.63, 3.8) is 0 Å². The maximum absolute atomic E-state index is 11.5. The maximum Gasteiger partial charge on any atom is 0.347 e. The largest absolute Gasteiger partial charge is 0.347 e. The van der Waals surface area contributed by atoms with Crippen LogP contribution in [-0.2, 0) is 4.74 Å². The first-order chi connectivity index (χ1) is 4.79. The first-order valence-corrected chi connectivity index (χ1v) is 2.91. The Morgan fingerprint density at radius 2 is 1.90 bits per heavy atom. The van der Waals surface area contributed by atoms with Crippen LogP contribution in [0.3, 0.4) is 0 Å². The Labute approximate surface area is 58.0 Å². The zero-order chi connectivity index (χ0) is 7.40. The summed E-state index contributed by atoms with van der Waals surface area (Å²) >= 11 is 0. The number of halogens is 2. The first kappa shape index (κ1) is 7.28. The van der Waals surface area contributed by atoms with E-state index >= 15 is 0 Å². The fourth-order valence-electron chi connectivity index (χ4n) is 0.685. The summed E-state index contributed by atoms with van der Waals surface area (Å²) in [5.41, 5.74) is 0. The fourth-order valence-corrected chi connectivity index (χ4v) is 0.685. The average Bonchev–Trinajstić information content (AvgIpc) is 1.88. The van der Waals surface area contributed by atoms with Crippen LogP contribution in [0.5, 0.6) is 0 Å². The molecule has 1 aliphatic rings. The zero-order valence-corrected chi connectivity index (χ0v) is 5.21. The second-order valence-corrected chi connectivity index (χ2v) is 1.82. The summed E-state index contributed by atoms with van der Waals surface area (Å²) in [6.07, 6.45) is 7.66. The number of rotatable bonds is 2. The summed E-state index contributed by atoms with van der Waals surface area (Å²) in [4.78, 5) is 0. The molecule has 0 atom stereocenters. The van der Waals surface area contributed by atoms with Gasteiger partial charge in [-0.3, -0.25) is 4.74 Å². The van der Waals surface area contributed by atoms with Crippen LogP contribution in [0.1, 0.15) is 0 Å². The van der Waals surface area contributed by atoms with Crippen molar-refractivity contribution in [1.82, 2.24) is 0 Å². The van der Waals surface area contributed by atoms with E-state index in [2.05, 4.69) is 4.74 Å². The smallest absolute Gasteiger partial charge is 0.286 e. The van der Waals surface area contributed by atoms with E-state index in [-0.39, 0.29) is 0 Å². The second-order valence-electron chi connectivity index (χ2n) is 1.82. The van der Waals surface area contributed by atoms with E-state index in [0.29, 0.717) is 0 Å². The van der Waals surface area contributed by atoms with Crippen molar-refractivity contribution in [2.45, 2.75) is 12.7 Å². The standard InChI is InChI=1S/C7H7F2O/c8-7(9)10-6-4-2-1-3-5-6/h1-7H/q+1. The predicted molar refractivity (Wildman–Crippen MR) is 33.5 cm³/mol. The highest BCUT2D eigenvalue weighted by atomic mass is 19.3. The molecule has 0 spiro atoms. The van der Waals surface area contributed by atoms with Gasteiger partial charge in [0.1, 0.15) is 0 Å². The highest BCUT2D eigenvalue weighted by Gasteiger charge is 2.14. The van der Waals surface area contributed by atoms with E-state index in [4.69, 9.17) is 0 Å². The van der Waals surface area contributed by atoms with Gasteiger partial charge in [-0.1, -0.05) is 0 Å². The Balaban J connectivity index is 2.33. The summed E-state index contributed by atoms with van der Waals surface area (Å²) in [6.45, 7) is -2.70. The highest BCUT2D eigenvalue weighted by Crippen LogP contribution is 2.08.